The Labute approximate surface area is 194 Å². The predicted molar refractivity (Wildman–Crippen MR) is 125 cm³/mol. The molecule has 3 aromatic carbocycles. The van der Waals surface area contributed by atoms with Gasteiger partial charge in [0.05, 0.1) is 13.3 Å². The third kappa shape index (κ3) is 6.47. The number of rotatable bonds is 7. The smallest absolute Gasteiger partial charge is 0.329 e. The van der Waals surface area contributed by atoms with Crippen LogP contribution in [-0.4, -0.2) is 25.1 Å². The van der Waals surface area contributed by atoms with Crippen LogP contribution in [0.5, 0.6) is 11.5 Å². The van der Waals surface area contributed by atoms with Gasteiger partial charge in [0.15, 0.2) is 11.5 Å². The van der Waals surface area contributed by atoms with E-state index in [9.17, 15) is 9.59 Å². The van der Waals surface area contributed by atoms with Gasteiger partial charge in [0, 0.05) is 21.3 Å². The Morgan fingerprint density at radius 3 is 2.53 bits per heavy atom. The van der Waals surface area contributed by atoms with Gasteiger partial charge in [-0.3, -0.25) is 9.59 Å². The minimum Gasteiger partial charge on any atom is -0.493 e. The van der Waals surface area contributed by atoms with Gasteiger partial charge < -0.3 is 14.8 Å². The van der Waals surface area contributed by atoms with Crippen molar-refractivity contribution in [3.8, 4) is 11.5 Å². The number of nitrogens with zero attached hydrogens (tertiary/aromatic N) is 1. The SMILES string of the molecule is COc1cc(/C=N/NC(=O)C(=O)Nc2cccc(Cl)c2)ccc1OCc1ccccc1Cl. The van der Waals surface area contributed by atoms with Crippen LogP contribution in [0.1, 0.15) is 11.1 Å². The van der Waals surface area contributed by atoms with Crippen LogP contribution in [0.15, 0.2) is 71.8 Å². The Morgan fingerprint density at radius 1 is 0.969 bits per heavy atom. The molecule has 0 fully saturated rings. The maximum atomic E-state index is 11.9. The zero-order valence-electron chi connectivity index (χ0n) is 17.0. The van der Waals surface area contributed by atoms with Crippen LogP contribution < -0.4 is 20.2 Å². The summed E-state index contributed by atoms with van der Waals surface area (Å²) in [6.45, 7) is 0.279. The van der Waals surface area contributed by atoms with Gasteiger partial charge in [0.2, 0.25) is 0 Å². The molecule has 0 aliphatic carbocycles. The molecule has 0 spiro atoms. The summed E-state index contributed by atoms with van der Waals surface area (Å²) in [6, 6.07) is 19.0. The molecule has 3 aromatic rings. The molecule has 0 heterocycles. The average molecular weight is 472 g/mol. The molecule has 2 N–H and O–H groups in total. The van der Waals surface area contributed by atoms with E-state index in [1.54, 1.807) is 42.5 Å². The standard InChI is InChI=1S/C23H19Cl2N3O4/c1-31-21-11-15(9-10-20(21)32-14-16-5-2-3-8-19(16)25)13-26-28-23(30)22(29)27-18-7-4-6-17(24)12-18/h2-13H,14H2,1H3,(H,27,29)(H,28,30)/b26-13+. The topological polar surface area (TPSA) is 89.0 Å². The molecule has 0 aromatic heterocycles. The van der Waals surface area contributed by atoms with Crippen LogP contribution in [0.3, 0.4) is 0 Å². The summed E-state index contributed by atoms with van der Waals surface area (Å²) in [7, 11) is 1.51. The number of carbonyl (C=O) groups is 2. The molecule has 9 heteroatoms. The van der Waals surface area contributed by atoms with E-state index in [1.165, 1.54) is 19.4 Å². The summed E-state index contributed by atoms with van der Waals surface area (Å²) < 4.78 is 11.2. The Kier molecular flexibility index (Phi) is 8.08. The van der Waals surface area contributed by atoms with Gasteiger partial charge in [-0.15, -0.1) is 0 Å². The Balaban J connectivity index is 1.57. The lowest BCUT2D eigenvalue weighted by Gasteiger charge is -2.12. The van der Waals surface area contributed by atoms with Crippen LogP contribution >= 0.6 is 23.2 Å². The summed E-state index contributed by atoms with van der Waals surface area (Å²) in [5.41, 5.74) is 4.05. The fraction of sp³-hybridized carbons (Fsp3) is 0.0870. The third-order valence-corrected chi connectivity index (χ3v) is 4.80. The maximum absolute atomic E-state index is 11.9. The van der Waals surface area contributed by atoms with Crippen molar-refractivity contribution in [3.05, 3.63) is 87.9 Å². The second-order valence-electron chi connectivity index (χ2n) is 6.45. The highest BCUT2D eigenvalue weighted by atomic mass is 35.5. The van der Waals surface area contributed by atoms with Gasteiger partial charge in [-0.25, -0.2) is 5.43 Å². The number of anilines is 1. The van der Waals surface area contributed by atoms with Crippen molar-refractivity contribution in [1.82, 2.24) is 5.43 Å². The second-order valence-corrected chi connectivity index (χ2v) is 7.30. The van der Waals surface area contributed by atoms with E-state index in [1.807, 2.05) is 18.2 Å². The molecule has 0 saturated carbocycles. The normalized spacial score (nSPS) is 10.6. The monoisotopic (exact) mass is 471 g/mol. The largest absolute Gasteiger partial charge is 0.493 e. The van der Waals surface area contributed by atoms with E-state index in [0.29, 0.717) is 32.8 Å². The van der Waals surface area contributed by atoms with Crippen molar-refractivity contribution in [2.45, 2.75) is 6.61 Å². The van der Waals surface area contributed by atoms with Gasteiger partial charge in [0.25, 0.3) is 0 Å². The molecule has 0 radical (unpaired) electrons. The zero-order chi connectivity index (χ0) is 22.9. The molecule has 7 nitrogen and oxygen atoms in total. The molecular formula is C23H19Cl2N3O4. The molecule has 3 rings (SSSR count). The third-order valence-electron chi connectivity index (χ3n) is 4.20. The first-order chi connectivity index (χ1) is 15.5. The van der Waals surface area contributed by atoms with Crippen LogP contribution in [0.25, 0.3) is 0 Å². The fourth-order valence-corrected chi connectivity index (χ4v) is 3.01. The zero-order valence-corrected chi connectivity index (χ0v) is 18.5. The molecule has 0 aliphatic rings. The molecule has 2 amide bonds. The molecule has 0 saturated heterocycles. The highest BCUT2D eigenvalue weighted by Gasteiger charge is 2.13. The van der Waals surface area contributed by atoms with Crippen LogP contribution in [0.4, 0.5) is 5.69 Å². The fourth-order valence-electron chi connectivity index (χ4n) is 2.62. The molecule has 164 valence electrons. The molecule has 0 unspecified atom stereocenters. The lowest BCUT2D eigenvalue weighted by atomic mass is 10.2. The van der Waals surface area contributed by atoms with Crippen molar-refractivity contribution < 1.29 is 19.1 Å². The first kappa shape index (κ1) is 23.1. The summed E-state index contributed by atoms with van der Waals surface area (Å²) in [4.78, 5) is 23.9. The first-order valence-electron chi connectivity index (χ1n) is 9.40. The van der Waals surface area contributed by atoms with Crippen LogP contribution in [0.2, 0.25) is 10.0 Å². The van der Waals surface area contributed by atoms with E-state index in [2.05, 4.69) is 15.8 Å². The van der Waals surface area contributed by atoms with Crippen molar-refractivity contribution >= 4 is 46.9 Å². The summed E-state index contributed by atoms with van der Waals surface area (Å²) in [6.07, 6.45) is 1.38. The van der Waals surface area contributed by atoms with E-state index >= 15 is 0 Å². The highest BCUT2D eigenvalue weighted by Crippen LogP contribution is 2.29. The maximum Gasteiger partial charge on any atom is 0.329 e. The molecule has 32 heavy (non-hydrogen) atoms. The molecule has 0 bridgehead atoms. The number of hydrazone groups is 1. The Bertz CT molecular complexity index is 1150. The van der Waals surface area contributed by atoms with Crippen LogP contribution in [0, 0.1) is 0 Å². The Hall–Kier alpha value is -3.55. The first-order valence-corrected chi connectivity index (χ1v) is 10.2. The van der Waals surface area contributed by atoms with Gasteiger partial charge in [-0.05, 0) is 48.0 Å². The number of halogens is 2. The number of methoxy groups -OCH3 is 1. The van der Waals surface area contributed by atoms with Crippen molar-refractivity contribution in [2.24, 2.45) is 5.10 Å². The minimum absolute atomic E-state index is 0.279. The van der Waals surface area contributed by atoms with Crippen molar-refractivity contribution in [2.75, 3.05) is 12.4 Å². The van der Waals surface area contributed by atoms with Gasteiger partial charge in [0.1, 0.15) is 6.61 Å². The van der Waals surface area contributed by atoms with E-state index in [0.717, 1.165) is 5.56 Å². The second kappa shape index (κ2) is 11.2. The number of hydrogen-bond acceptors (Lipinski definition) is 5. The quantitative estimate of drug-likeness (QED) is 0.297. The minimum atomic E-state index is -0.923. The lowest BCUT2D eigenvalue weighted by molar-refractivity contribution is -0.136. The van der Waals surface area contributed by atoms with Crippen molar-refractivity contribution in [1.29, 1.82) is 0 Å². The summed E-state index contributed by atoms with van der Waals surface area (Å²) in [5.74, 6) is -0.793. The van der Waals surface area contributed by atoms with Crippen molar-refractivity contribution in [3.63, 3.8) is 0 Å². The molecule has 0 aliphatic heterocycles. The van der Waals surface area contributed by atoms with E-state index < -0.39 is 11.8 Å². The van der Waals surface area contributed by atoms with Gasteiger partial charge in [-0.2, -0.15) is 5.10 Å². The summed E-state index contributed by atoms with van der Waals surface area (Å²) in [5, 5.41) is 7.30. The molecular weight excluding hydrogens is 453 g/mol. The molecule has 0 atom stereocenters. The van der Waals surface area contributed by atoms with Gasteiger partial charge >= 0.3 is 11.8 Å². The van der Waals surface area contributed by atoms with E-state index in [-0.39, 0.29) is 6.61 Å². The number of amides is 2. The summed E-state index contributed by atoms with van der Waals surface area (Å²) >= 11 is 12.0. The Morgan fingerprint density at radius 2 is 1.78 bits per heavy atom. The number of carbonyl (C=O) groups excluding carboxylic acids is 2. The predicted octanol–water partition coefficient (Wildman–Crippen LogP) is 4.67. The lowest BCUT2D eigenvalue weighted by Crippen LogP contribution is -2.32. The average Bonchev–Trinajstić information content (AvgIpc) is 2.78. The number of hydrogen-bond donors (Lipinski definition) is 2. The van der Waals surface area contributed by atoms with Gasteiger partial charge in [-0.1, -0.05) is 47.5 Å². The van der Waals surface area contributed by atoms with Crippen LogP contribution in [-0.2, 0) is 16.2 Å². The number of ether oxygens (including phenoxy) is 2. The van der Waals surface area contributed by atoms with E-state index in [4.69, 9.17) is 32.7 Å². The number of nitrogens with one attached hydrogen (secondary N) is 2. The highest BCUT2D eigenvalue weighted by molar-refractivity contribution is 6.39. The number of benzene rings is 3.